The number of carbonyl (C=O) groups is 3. The second-order valence-corrected chi connectivity index (χ2v) is 6.63. The first-order chi connectivity index (χ1) is 13.1. The molecule has 1 aromatic heterocycles. The van der Waals surface area contributed by atoms with Crippen molar-refractivity contribution in [3.8, 4) is 11.3 Å². The summed E-state index contributed by atoms with van der Waals surface area (Å²) in [4.78, 5) is 37.8. The Kier molecular flexibility index (Phi) is 4.58. The summed E-state index contributed by atoms with van der Waals surface area (Å²) >= 11 is 0. The number of aromatic nitrogens is 1. The molecule has 7 nitrogen and oxygen atoms in total. The molecule has 2 atom stereocenters. The van der Waals surface area contributed by atoms with Crippen molar-refractivity contribution < 1.29 is 23.6 Å². The van der Waals surface area contributed by atoms with Crippen LogP contribution < -0.4 is 0 Å². The molecule has 1 aliphatic carbocycles. The minimum atomic E-state index is -0.646. The fraction of sp³-hybridized carbons (Fsp3) is 0.300. The molecule has 0 spiro atoms. The molecule has 27 heavy (non-hydrogen) atoms. The van der Waals surface area contributed by atoms with Crippen LogP contribution in [-0.2, 0) is 25.7 Å². The molecular weight excluding hydrogens is 348 g/mol. The first kappa shape index (κ1) is 17.2. The molecule has 2 heterocycles. The Morgan fingerprint density at radius 3 is 2.44 bits per heavy atom. The molecule has 0 N–H and O–H groups in total. The summed E-state index contributed by atoms with van der Waals surface area (Å²) in [6.45, 7) is -0.451. The van der Waals surface area contributed by atoms with Gasteiger partial charge < -0.3 is 9.26 Å². The molecule has 1 aliphatic heterocycles. The molecule has 1 fully saturated rings. The summed E-state index contributed by atoms with van der Waals surface area (Å²) in [6, 6.07) is 11.1. The zero-order valence-electron chi connectivity index (χ0n) is 14.5. The van der Waals surface area contributed by atoms with Crippen molar-refractivity contribution >= 4 is 17.8 Å². The third-order valence-corrected chi connectivity index (χ3v) is 4.88. The molecule has 138 valence electrons. The second kappa shape index (κ2) is 7.19. The number of amides is 2. The van der Waals surface area contributed by atoms with Gasteiger partial charge in [0.25, 0.3) is 0 Å². The summed E-state index contributed by atoms with van der Waals surface area (Å²) < 4.78 is 10.4. The van der Waals surface area contributed by atoms with Crippen LogP contribution in [-0.4, -0.2) is 34.4 Å². The minimum absolute atomic E-state index is 0.0835. The molecule has 1 aromatic carbocycles. The van der Waals surface area contributed by atoms with Gasteiger partial charge in [0.05, 0.1) is 11.8 Å². The maximum atomic E-state index is 12.4. The molecule has 2 aliphatic rings. The van der Waals surface area contributed by atoms with Gasteiger partial charge in [0, 0.05) is 11.6 Å². The van der Waals surface area contributed by atoms with Gasteiger partial charge in [-0.2, -0.15) is 0 Å². The highest BCUT2D eigenvalue weighted by molar-refractivity contribution is 6.07. The van der Waals surface area contributed by atoms with E-state index in [2.05, 4.69) is 5.16 Å². The van der Waals surface area contributed by atoms with Crippen LogP contribution in [0.3, 0.4) is 0 Å². The number of likely N-dealkylation sites (tertiary alicyclic amines) is 1. The third-order valence-electron chi connectivity index (χ3n) is 4.88. The summed E-state index contributed by atoms with van der Waals surface area (Å²) in [6.07, 6.45) is 4.90. The van der Waals surface area contributed by atoms with Crippen LogP contribution in [0.25, 0.3) is 11.3 Å². The smallest absolute Gasteiger partial charge is 0.326 e. The van der Waals surface area contributed by atoms with Crippen LogP contribution >= 0.6 is 0 Å². The van der Waals surface area contributed by atoms with E-state index >= 15 is 0 Å². The first-order valence-electron chi connectivity index (χ1n) is 8.80. The summed E-state index contributed by atoms with van der Waals surface area (Å²) in [7, 11) is 0. The number of rotatable bonds is 5. The molecule has 0 bridgehead atoms. The van der Waals surface area contributed by atoms with E-state index in [9.17, 15) is 14.4 Å². The van der Waals surface area contributed by atoms with Crippen molar-refractivity contribution in [3.05, 3.63) is 54.2 Å². The van der Waals surface area contributed by atoms with Gasteiger partial charge in [-0.05, 0) is 12.8 Å². The zero-order chi connectivity index (χ0) is 18.8. The van der Waals surface area contributed by atoms with Crippen molar-refractivity contribution in [2.45, 2.75) is 19.4 Å². The van der Waals surface area contributed by atoms with Gasteiger partial charge in [0.2, 0.25) is 11.8 Å². The van der Waals surface area contributed by atoms with Crippen molar-refractivity contribution in [1.82, 2.24) is 10.1 Å². The van der Waals surface area contributed by atoms with E-state index < -0.39 is 5.97 Å². The number of benzene rings is 1. The number of hydrogen-bond donors (Lipinski definition) is 0. The highest BCUT2D eigenvalue weighted by atomic mass is 16.5. The van der Waals surface area contributed by atoms with E-state index in [-0.39, 0.29) is 36.8 Å². The van der Waals surface area contributed by atoms with Crippen molar-refractivity contribution in [2.75, 3.05) is 6.54 Å². The number of carbonyl (C=O) groups excluding carboxylic acids is 3. The Morgan fingerprint density at radius 2 is 1.78 bits per heavy atom. The highest BCUT2D eigenvalue weighted by Crippen LogP contribution is 2.34. The molecular formula is C20H18N2O5. The number of esters is 1. The largest absolute Gasteiger partial charge is 0.458 e. The van der Waals surface area contributed by atoms with Crippen LogP contribution in [0.4, 0.5) is 0 Å². The van der Waals surface area contributed by atoms with Gasteiger partial charge in [-0.25, -0.2) is 0 Å². The summed E-state index contributed by atoms with van der Waals surface area (Å²) in [5.41, 5.74) is 1.33. The third kappa shape index (κ3) is 3.40. The standard InChI is InChI=1S/C20H18N2O5/c23-18(11-22-19(24)15-8-4-5-9-16(15)20(22)25)26-12-14-10-17(27-21-14)13-6-2-1-3-7-13/h1-7,10,15-16H,8-9,11-12H2/t15-,16-/m1/s1. The summed E-state index contributed by atoms with van der Waals surface area (Å²) in [5.74, 6) is -1.35. The Balaban J connectivity index is 1.33. The monoisotopic (exact) mass is 366 g/mol. The quantitative estimate of drug-likeness (QED) is 0.458. The van der Waals surface area contributed by atoms with Gasteiger partial charge >= 0.3 is 5.97 Å². The molecule has 0 unspecified atom stereocenters. The average Bonchev–Trinajstić information content (AvgIpc) is 3.27. The van der Waals surface area contributed by atoms with E-state index in [1.807, 2.05) is 42.5 Å². The Bertz CT molecular complexity index is 876. The van der Waals surface area contributed by atoms with Crippen LogP contribution in [0.2, 0.25) is 0 Å². The molecule has 0 saturated carbocycles. The summed E-state index contributed by atoms with van der Waals surface area (Å²) in [5, 5.41) is 3.88. The molecule has 0 radical (unpaired) electrons. The minimum Gasteiger partial charge on any atom is -0.458 e. The lowest BCUT2D eigenvalue weighted by molar-refractivity contribution is -0.153. The number of fused-ring (bicyclic) bond motifs is 1. The predicted octanol–water partition coefficient (Wildman–Crippen LogP) is 2.34. The lowest BCUT2D eigenvalue weighted by atomic mass is 9.85. The van der Waals surface area contributed by atoms with Crippen molar-refractivity contribution in [3.63, 3.8) is 0 Å². The maximum Gasteiger partial charge on any atom is 0.326 e. The molecule has 2 aromatic rings. The van der Waals surface area contributed by atoms with Crippen molar-refractivity contribution in [2.24, 2.45) is 11.8 Å². The number of allylic oxidation sites excluding steroid dienone is 2. The van der Waals surface area contributed by atoms with Crippen molar-refractivity contribution in [1.29, 1.82) is 0 Å². The van der Waals surface area contributed by atoms with Crippen LogP contribution in [0.15, 0.2) is 53.1 Å². The van der Waals surface area contributed by atoms with Crippen LogP contribution in [0, 0.1) is 11.8 Å². The fourth-order valence-electron chi connectivity index (χ4n) is 3.47. The normalized spacial score (nSPS) is 21.4. The average molecular weight is 366 g/mol. The molecule has 2 amide bonds. The zero-order valence-corrected chi connectivity index (χ0v) is 14.5. The van der Waals surface area contributed by atoms with E-state index in [1.54, 1.807) is 6.07 Å². The fourth-order valence-corrected chi connectivity index (χ4v) is 3.47. The van der Waals surface area contributed by atoms with Gasteiger partial charge in [-0.15, -0.1) is 0 Å². The van der Waals surface area contributed by atoms with E-state index in [1.165, 1.54) is 0 Å². The topological polar surface area (TPSA) is 89.7 Å². The molecule has 1 saturated heterocycles. The maximum absolute atomic E-state index is 12.4. The highest BCUT2D eigenvalue weighted by Gasteiger charge is 2.47. The van der Waals surface area contributed by atoms with E-state index in [0.717, 1.165) is 10.5 Å². The Labute approximate surface area is 155 Å². The molecule has 7 heteroatoms. The number of imide groups is 1. The van der Waals surface area contributed by atoms with Gasteiger partial charge in [-0.1, -0.05) is 47.6 Å². The van der Waals surface area contributed by atoms with E-state index in [0.29, 0.717) is 24.3 Å². The number of nitrogens with zero attached hydrogens (tertiary/aromatic N) is 2. The van der Waals surface area contributed by atoms with Gasteiger partial charge in [0.15, 0.2) is 5.76 Å². The van der Waals surface area contributed by atoms with E-state index in [4.69, 9.17) is 9.26 Å². The lowest BCUT2D eigenvalue weighted by Gasteiger charge is -2.14. The van der Waals surface area contributed by atoms with Gasteiger partial charge in [0.1, 0.15) is 18.8 Å². The molecule has 4 rings (SSSR count). The lowest BCUT2D eigenvalue weighted by Crippen LogP contribution is -2.36. The van der Waals surface area contributed by atoms with Crippen LogP contribution in [0.5, 0.6) is 0 Å². The van der Waals surface area contributed by atoms with Gasteiger partial charge in [-0.3, -0.25) is 19.3 Å². The number of hydrogen-bond acceptors (Lipinski definition) is 6. The van der Waals surface area contributed by atoms with Crippen LogP contribution in [0.1, 0.15) is 18.5 Å². The Hall–Kier alpha value is -3.22. The first-order valence-corrected chi connectivity index (χ1v) is 8.80. The second-order valence-electron chi connectivity index (χ2n) is 6.63. The number of ether oxygens (including phenoxy) is 1. The SMILES string of the molecule is O=C(CN1C(=O)[C@@H]2CC=CC[C@H]2C1=O)OCc1cc(-c2ccccc2)on1. The Morgan fingerprint density at radius 1 is 1.11 bits per heavy atom. The predicted molar refractivity (Wildman–Crippen MR) is 93.8 cm³/mol.